The number of hydrogen-bond acceptors (Lipinski definition) is 7. The average Bonchev–Trinajstić information content (AvgIpc) is 3.67. The number of fused-ring (bicyclic) bond motifs is 2. The van der Waals surface area contributed by atoms with Crippen LogP contribution in [0.4, 0.5) is 0 Å². The molecule has 16 nitrogen and oxygen atoms in total. The molecule has 1 aromatic heterocycles. The number of carbonyl (C=O) groups is 6. The lowest BCUT2D eigenvalue weighted by atomic mass is 9.75. The summed E-state index contributed by atoms with van der Waals surface area (Å²) in [7, 11) is 0. The minimum absolute atomic E-state index is 0.0383. The molecule has 1 unspecified atom stereocenters. The first-order chi connectivity index (χ1) is 29.8. The highest BCUT2D eigenvalue weighted by atomic mass is 16.2. The van der Waals surface area contributed by atoms with Crippen molar-refractivity contribution in [3.05, 3.63) is 107 Å². The Labute approximate surface area is 362 Å². The maximum atomic E-state index is 14.8. The average molecular weight is 849 g/mol. The number of aromatic amines is 1. The molecule has 5 rings (SSSR count). The summed E-state index contributed by atoms with van der Waals surface area (Å²) >= 11 is 0. The molecule has 0 bridgehead atoms. The molecule has 0 fully saturated rings. The number of nitrogens with two attached hydrogens (primary N) is 3. The number of guanidine groups is 1. The van der Waals surface area contributed by atoms with E-state index in [0.29, 0.717) is 19.3 Å². The van der Waals surface area contributed by atoms with E-state index in [1.165, 1.54) is 11.1 Å². The van der Waals surface area contributed by atoms with Crippen LogP contribution in [0.2, 0.25) is 0 Å². The van der Waals surface area contributed by atoms with Crippen LogP contribution in [0.15, 0.2) is 84.0 Å². The normalized spacial score (nSPS) is 15.8. The second-order valence-corrected chi connectivity index (χ2v) is 15.9. The Hall–Kier alpha value is -6.71. The van der Waals surface area contributed by atoms with Crippen LogP contribution in [0.5, 0.6) is 0 Å². The highest BCUT2D eigenvalue weighted by Crippen LogP contribution is 2.32. The van der Waals surface area contributed by atoms with Gasteiger partial charge in [-0.25, -0.2) is 0 Å². The van der Waals surface area contributed by atoms with Gasteiger partial charge in [-0.3, -0.25) is 33.8 Å². The van der Waals surface area contributed by atoms with Crippen molar-refractivity contribution in [2.45, 2.75) is 108 Å². The number of nitrogens with one attached hydrogen (secondary N) is 6. The van der Waals surface area contributed by atoms with E-state index in [-0.39, 0.29) is 56.9 Å². The Bertz CT molecular complexity index is 2240. The molecule has 330 valence electrons. The van der Waals surface area contributed by atoms with E-state index in [9.17, 15) is 28.8 Å². The van der Waals surface area contributed by atoms with Gasteiger partial charge in [0.2, 0.25) is 35.4 Å². The van der Waals surface area contributed by atoms with Crippen LogP contribution in [0.25, 0.3) is 10.9 Å². The summed E-state index contributed by atoms with van der Waals surface area (Å²) in [6.45, 7) is 3.76. The number of primary amides is 1. The first-order valence-electron chi connectivity index (χ1n) is 21.3. The molecule has 0 saturated carbocycles. The second kappa shape index (κ2) is 22.2. The van der Waals surface area contributed by atoms with Crippen LogP contribution >= 0.6 is 0 Å². The lowest BCUT2D eigenvalue weighted by Crippen LogP contribution is -2.65. The number of para-hydroxylation sites is 1. The summed E-state index contributed by atoms with van der Waals surface area (Å²) in [6.07, 6.45) is 5.81. The highest BCUT2D eigenvalue weighted by Gasteiger charge is 2.44. The Morgan fingerprint density at radius 1 is 0.774 bits per heavy atom. The number of H-pyrrole nitrogens is 1. The molecule has 0 saturated heterocycles. The van der Waals surface area contributed by atoms with Gasteiger partial charge in [-0.15, -0.1) is 0 Å². The van der Waals surface area contributed by atoms with Crippen molar-refractivity contribution in [1.29, 1.82) is 0 Å². The van der Waals surface area contributed by atoms with Crippen molar-refractivity contribution in [2.24, 2.45) is 22.2 Å². The van der Waals surface area contributed by atoms with E-state index in [2.05, 4.69) is 49.6 Å². The fourth-order valence-corrected chi connectivity index (χ4v) is 7.98. The summed E-state index contributed by atoms with van der Waals surface area (Å²) in [5.74, 6) is -3.68. The molecule has 1 heterocycles. The zero-order valence-corrected chi connectivity index (χ0v) is 35.6. The number of nitrogens with zero attached hydrogens (tertiary/aromatic N) is 1. The molecular weight excluding hydrogens is 789 g/mol. The summed E-state index contributed by atoms with van der Waals surface area (Å²) < 4.78 is 0. The number of aryl methyl sites for hydroxylation is 1. The van der Waals surface area contributed by atoms with Gasteiger partial charge in [0.25, 0.3) is 0 Å². The molecule has 3 aromatic carbocycles. The molecule has 1 aliphatic carbocycles. The zero-order chi connectivity index (χ0) is 44.6. The lowest BCUT2D eigenvalue weighted by Gasteiger charge is -2.39. The van der Waals surface area contributed by atoms with Gasteiger partial charge in [-0.05, 0) is 72.4 Å². The SMILES string of the molecule is CCCCC(=O)NC1(C(=O)N[C@H](Cc2ccccc2)C(=O)N[C@@H](CCCN=C(N)N)C(=O)N[C@@H](Cc2c[nH]c3ccccc23)C(=O)NCC(N)=O)CCc2c(CC)cccc2C1. The molecule has 1 aliphatic rings. The summed E-state index contributed by atoms with van der Waals surface area (Å²) in [6, 6.07) is 19.0. The number of unbranched alkanes of at least 4 members (excludes halogenated alkanes) is 1. The van der Waals surface area contributed by atoms with Crippen molar-refractivity contribution in [3.8, 4) is 0 Å². The van der Waals surface area contributed by atoms with E-state index in [4.69, 9.17) is 17.2 Å². The minimum Gasteiger partial charge on any atom is -0.370 e. The Morgan fingerprint density at radius 2 is 1.48 bits per heavy atom. The second-order valence-electron chi connectivity index (χ2n) is 15.9. The molecule has 6 amide bonds. The van der Waals surface area contributed by atoms with Gasteiger partial charge in [0.15, 0.2) is 5.96 Å². The molecule has 0 spiro atoms. The smallest absolute Gasteiger partial charge is 0.246 e. The Balaban J connectivity index is 1.44. The largest absolute Gasteiger partial charge is 0.370 e. The number of aromatic nitrogens is 1. The fraction of sp³-hybridized carbons (Fsp3) is 0.413. The maximum absolute atomic E-state index is 14.8. The number of rotatable bonds is 22. The van der Waals surface area contributed by atoms with Gasteiger partial charge in [0.1, 0.15) is 23.7 Å². The molecule has 12 N–H and O–H groups in total. The zero-order valence-electron chi connectivity index (χ0n) is 35.6. The van der Waals surface area contributed by atoms with Crippen LogP contribution in [-0.4, -0.2) is 83.1 Å². The minimum atomic E-state index is -1.34. The quantitative estimate of drug-likeness (QED) is 0.0319. The van der Waals surface area contributed by atoms with E-state index < -0.39 is 59.7 Å². The van der Waals surface area contributed by atoms with Crippen LogP contribution in [0, 0.1) is 0 Å². The van der Waals surface area contributed by atoms with Crippen LogP contribution < -0.4 is 43.8 Å². The van der Waals surface area contributed by atoms with Crippen LogP contribution in [-0.2, 0) is 60.9 Å². The van der Waals surface area contributed by atoms with Crippen molar-refractivity contribution in [2.75, 3.05) is 13.1 Å². The molecule has 0 radical (unpaired) electrons. The van der Waals surface area contributed by atoms with E-state index >= 15 is 0 Å². The molecule has 16 heteroatoms. The Kier molecular flexibility index (Phi) is 16.6. The first-order valence-corrected chi connectivity index (χ1v) is 21.3. The first kappa shape index (κ1) is 46.4. The maximum Gasteiger partial charge on any atom is 0.246 e. The fourth-order valence-electron chi connectivity index (χ4n) is 7.98. The van der Waals surface area contributed by atoms with Gasteiger partial charge < -0.3 is 48.8 Å². The highest BCUT2D eigenvalue weighted by molar-refractivity contribution is 5.98. The van der Waals surface area contributed by atoms with E-state index in [1.807, 2.05) is 73.7 Å². The summed E-state index contributed by atoms with van der Waals surface area (Å²) in [5.41, 5.74) is 20.7. The number of carbonyl (C=O) groups excluding carboxylic acids is 6. The third-order valence-electron chi connectivity index (χ3n) is 11.3. The summed E-state index contributed by atoms with van der Waals surface area (Å²) in [4.78, 5) is 89.4. The molecule has 62 heavy (non-hydrogen) atoms. The third-order valence-corrected chi connectivity index (χ3v) is 11.3. The monoisotopic (exact) mass is 848 g/mol. The van der Waals surface area contributed by atoms with Crippen LogP contribution in [0.3, 0.4) is 0 Å². The lowest BCUT2D eigenvalue weighted by molar-refractivity contribution is -0.137. The van der Waals surface area contributed by atoms with Gasteiger partial charge in [-0.2, -0.15) is 0 Å². The van der Waals surface area contributed by atoms with Crippen molar-refractivity contribution >= 4 is 52.3 Å². The molecular formula is C46H60N10O6. The molecule has 0 aliphatic heterocycles. The number of aliphatic imine (C=N–C) groups is 1. The predicted octanol–water partition coefficient (Wildman–Crippen LogP) is 1.86. The van der Waals surface area contributed by atoms with Crippen LogP contribution in [0.1, 0.15) is 80.2 Å². The topological polar surface area (TPSA) is 269 Å². The van der Waals surface area contributed by atoms with Gasteiger partial charge in [0, 0.05) is 49.3 Å². The molecule has 4 atom stereocenters. The molecule has 4 aromatic rings. The van der Waals surface area contributed by atoms with E-state index in [0.717, 1.165) is 40.4 Å². The van der Waals surface area contributed by atoms with Crippen molar-refractivity contribution < 1.29 is 28.8 Å². The Morgan fingerprint density at radius 3 is 2.21 bits per heavy atom. The van der Waals surface area contributed by atoms with Crippen molar-refractivity contribution in [1.82, 2.24) is 31.6 Å². The van der Waals surface area contributed by atoms with Crippen molar-refractivity contribution in [3.63, 3.8) is 0 Å². The van der Waals surface area contributed by atoms with Gasteiger partial charge >= 0.3 is 0 Å². The summed E-state index contributed by atoms with van der Waals surface area (Å²) in [5, 5.41) is 15.0. The standard InChI is InChI=1S/C46H60N10O6/c1-3-5-20-40(58)56-46(22-21-33-30(4-2)15-11-16-31(33)26-46)44(62)55-37(24-29-13-7-6-8-14-29)43(61)53-36(19-12-23-50-45(48)49)42(60)54-38(41(59)52-28-39(47)57)25-32-27-51-35-18-10-9-17-34(32)35/h6-11,13-18,27,36-38,51H,3-5,12,19-26,28H2,1-2H3,(H2,47,57)(H,52,59)(H,53,61)(H,54,60)(H,55,62)(H,56,58)(H4,48,49,50)/t36-,37+,38-,46?/m0/s1. The number of amides is 6. The number of hydrogen-bond donors (Lipinski definition) is 9. The van der Waals surface area contributed by atoms with Gasteiger partial charge in [0.05, 0.1) is 6.54 Å². The van der Waals surface area contributed by atoms with Gasteiger partial charge in [-0.1, -0.05) is 87.0 Å². The third kappa shape index (κ3) is 12.7. The predicted molar refractivity (Wildman–Crippen MR) is 238 cm³/mol. The number of benzene rings is 3. The van der Waals surface area contributed by atoms with E-state index in [1.54, 1.807) is 6.20 Å².